The van der Waals surface area contributed by atoms with Crippen LogP contribution in [0.15, 0.2) is 12.2 Å². The summed E-state index contributed by atoms with van der Waals surface area (Å²) in [5.74, 6) is 0. The lowest BCUT2D eigenvalue weighted by Crippen LogP contribution is -2.13. The van der Waals surface area contributed by atoms with E-state index in [1.54, 1.807) is 0 Å². The summed E-state index contributed by atoms with van der Waals surface area (Å²) < 4.78 is 0. The first kappa shape index (κ1) is 8.25. The van der Waals surface area contributed by atoms with E-state index in [2.05, 4.69) is 25.2 Å². The average Bonchev–Trinajstić information content (AvgIpc) is 1.59. The van der Waals surface area contributed by atoms with Crippen LogP contribution in [0.1, 0.15) is 6.92 Å². The Bertz CT molecular complexity index is 81.0. The Labute approximate surface area is 57.3 Å². The van der Waals surface area contributed by atoms with E-state index < -0.39 is 7.38 Å². The molecular formula is C6H13ClSi. The first-order chi connectivity index (χ1) is 3.56. The standard InChI is InChI=1S/C6H13ClSi/c1-4-5-6-8(2,3)7/h4-5H,6H2,1-3H3/b5-4+. The van der Waals surface area contributed by atoms with Crippen molar-refractivity contribution in [1.82, 2.24) is 0 Å². The fraction of sp³-hybridized carbons (Fsp3) is 0.667. The van der Waals surface area contributed by atoms with Crippen molar-refractivity contribution in [3.8, 4) is 0 Å². The molecule has 8 heavy (non-hydrogen) atoms. The second-order valence-corrected chi connectivity index (χ2v) is 9.41. The van der Waals surface area contributed by atoms with Crippen LogP contribution in [-0.4, -0.2) is 7.38 Å². The molecule has 0 bridgehead atoms. The molecule has 0 radical (unpaired) electrons. The zero-order chi connectivity index (χ0) is 6.62. The normalized spacial score (nSPS) is 13.0. The Morgan fingerprint density at radius 2 is 2.00 bits per heavy atom. The largest absolute Gasteiger partial charge is 0.167 e. The van der Waals surface area contributed by atoms with Crippen LogP contribution in [0.3, 0.4) is 0 Å². The Kier molecular flexibility index (Phi) is 3.41. The van der Waals surface area contributed by atoms with Crippen LogP contribution in [0.5, 0.6) is 0 Å². The summed E-state index contributed by atoms with van der Waals surface area (Å²) in [5, 5.41) is 0. The number of hydrogen-bond donors (Lipinski definition) is 0. The van der Waals surface area contributed by atoms with Crippen LogP contribution in [-0.2, 0) is 0 Å². The lowest BCUT2D eigenvalue weighted by Gasteiger charge is -2.07. The van der Waals surface area contributed by atoms with Gasteiger partial charge in [-0.05, 0) is 13.0 Å². The van der Waals surface area contributed by atoms with Gasteiger partial charge in [0.2, 0.25) is 0 Å². The summed E-state index contributed by atoms with van der Waals surface area (Å²) in [6.45, 7) is 6.32. The maximum absolute atomic E-state index is 6.00. The highest BCUT2D eigenvalue weighted by Crippen LogP contribution is 2.13. The third-order valence-corrected chi connectivity index (χ3v) is 2.51. The van der Waals surface area contributed by atoms with Crippen molar-refractivity contribution in [2.75, 3.05) is 0 Å². The molecule has 0 nitrogen and oxygen atoms in total. The van der Waals surface area contributed by atoms with Crippen LogP contribution in [0.4, 0.5) is 0 Å². The van der Waals surface area contributed by atoms with Gasteiger partial charge >= 0.3 is 0 Å². The van der Waals surface area contributed by atoms with Crippen LogP contribution >= 0.6 is 11.1 Å². The molecule has 0 aromatic rings. The first-order valence-electron chi connectivity index (χ1n) is 2.86. The minimum Gasteiger partial charge on any atom is -0.167 e. The van der Waals surface area contributed by atoms with Gasteiger partial charge in [-0.1, -0.05) is 25.2 Å². The van der Waals surface area contributed by atoms with Crippen LogP contribution < -0.4 is 0 Å². The molecule has 0 atom stereocenters. The van der Waals surface area contributed by atoms with E-state index in [9.17, 15) is 0 Å². The third kappa shape index (κ3) is 6.25. The zero-order valence-corrected chi connectivity index (χ0v) is 7.50. The van der Waals surface area contributed by atoms with E-state index in [4.69, 9.17) is 11.1 Å². The van der Waals surface area contributed by atoms with Crippen molar-refractivity contribution in [1.29, 1.82) is 0 Å². The summed E-state index contributed by atoms with van der Waals surface area (Å²) in [4.78, 5) is 0. The van der Waals surface area contributed by atoms with E-state index in [-0.39, 0.29) is 0 Å². The van der Waals surface area contributed by atoms with Crippen molar-refractivity contribution in [2.45, 2.75) is 26.1 Å². The highest BCUT2D eigenvalue weighted by atomic mass is 35.6. The van der Waals surface area contributed by atoms with Gasteiger partial charge in [0.25, 0.3) is 0 Å². The minimum atomic E-state index is -1.29. The number of rotatable bonds is 2. The smallest absolute Gasteiger partial charge is 0.154 e. The summed E-state index contributed by atoms with van der Waals surface area (Å²) in [5.41, 5.74) is 0. The SMILES string of the molecule is C/C=C/C[Si](C)(C)Cl. The first-order valence-corrected chi connectivity index (χ1v) is 7.08. The molecule has 0 amide bonds. The van der Waals surface area contributed by atoms with Crippen molar-refractivity contribution in [2.24, 2.45) is 0 Å². The summed E-state index contributed by atoms with van der Waals surface area (Å²) in [6, 6.07) is 1.09. The molecule has 0 saturated heterocycles. The Balaban J connectivity index is 3.39. The predicted molar refractivity (Wildman–Crippen MR) is 43.0 cm³/mol. The average molecular weight is 149 g/mol. The molecule has 0 heterocycles. The van der Waals surface area contributed by atoms with Crippen molar-refractivity contribution in [3.05, 3.63) is 12.2 Å². The number of allylic oxidation sites excluding steroid dienone is 2. The van der Waals surface area contributed by atoms with E-state index >= 15 is 0 Å². The molecular weight excluding hydrogens is 136 g/mol. The second kappa shape index (κ2) is 3.31. The highest BCUT2D eigenvalue weighted by molar-refractivity contribution is 7.19. The Morgan fingerprint density at radius 3 is 2.12 bits per heavy atom. The molecule has 0 aromatic heterocycles. The van der Waals surface area contributed by atoms with Crippen molar-refractivity contribution >= 4 is 18.5 Å². The lowest BCUT2D eigenvalue weighted by atomic mass is 10.6. The monoisotopic (exact) mass is 148 g/mol. The van der Waals surface area contributed by atoms with Gasteiger partial charge in [0, 0.05) is 0 Å². The topological polar surface area (TPSA) is 0 Å². The van der Waals surface area contributed by atoms with Gasteiger partial charge < -0.3 is 0 Å². The lowest BCUT2D eigenvalue weighted by molar-refractivity contribution is 1.55. The van der Waals surface area contributed by atoms with Crippen LogP contribution in [0.2, 0.25) is 19.1 Å². The predicted octanol–water partition coefficient (Wildman–Crippen LogP) is 3.01. The van der Waals surface area contributed by atoms with E-state index in [1.807, 2.05) is 6.92 Å². The highest BCUT2D eigenvalue weighted by Gasteiger charge is 2.13. The molecule has 0 aliphatic heterocycles. The van der Waals surface area contributed by atoms with Crippen molar-refractivity contribution in [3.63, 3.8) is 0 Å². The maximum atomic E-state index is 6.00. The van der Waals surface area contributed by atoms with Crippen molar-refractivity contribution < 1.29 is 0 Å². The van der Waals surface area contributed by atoms with Gasteiger partial charge in [-0.15, -0.1) is 0 Å². The summed E-state index contributed by atoms with van der Waals surface area (Å²) in [6.07, 6.45) is 4.19. The number of halogens is 1. The maximum Gasteiger partial charge on any atom is 0.154 e. The summed E-state index contributed by atoms with van der Waals surface area (Å²) in [7, 11) is -1.29. The molecule has 0 spiro atoms. The summed E-state index contributed by atoms with van der Waals surface area (Å²) >= 11 is 6.00. The fourth-order valence-electron chi connectivity index (χ4n) is 0.398. The van der Waals surface area contributed by atoms with Crippen LogP contribution in [0, 0.1) is 0 Å². The van der Waals surface area contributed by atoms with Gasteiger partial charge in [0.15, 0.2) is 7.38 Å². The minimum absolute atomic E-state index is 1.09. The molecule has 2 heteroatoms. The molecule has 0 saturated carbocycles. The quantitative estimate of drug-likeness (QED) is 0.321. The second-order valence-electron chi connectivity index (χ2n) is 2.49. The van der Waals surface area contributed by atoms with Gasteiger partial charge in [-0.25, -0.2) is 0 Å². The van der Waals surface area contributed by atoms with Gasteiger partial charge in [0.1, 0.15) is 0 Å². The third-order valence-electron chi connectivity index (χ3n) is 0.839. The van der Waals surface area contributed by atoms with Gasteiger partial charge in [-0.2, -0.15) is 11.1 Å². The Morgan fingerprint density at radius 1 is 1.50 bits per heavy atom. The molecule has 0 rings (SSSR count). The fourth-order valence-corrected chi connectivity index (χ4v) is 1.46. The molecule has 0 unspecified atom stereocenters. The molecule has 0 aliphatic rings. The van der Waals surface area contributed by atoms with E-state index in [0.29, 0.717) is 0 Å². The molecule has 0 aromatic carbocycles. The molecule has 0 aliphatic carbocycles. The van der Waals surface area contributed by atoms with Gasteiger partial charge in [-0.3, -0.25) is 0 Å². The number of hydrogen-bond acceptors (Lipinski definition) is 0. The van der Waals surface area contributed by atoms with Gasteiger partial charge in [0.05, 0.1) is 0 Å². The Hall–Kier alpha value is 0.247. The zero-order valence-electron chi connectivity index (χ0n) is 5.74. The molecule has 48 valence electrons. The van der Waals surface area contributed by atoms with E-state index in [0.717, 1.165) is 6.04 Å². The molecule has 0 fully saturated rings. The van der Waals surface area contributed by atoms with Crippen LogP contribution in [0.25, 0.3) is 0 Å². The molecule has 0 N–H and O–H groups in total. The van der Waals surface area contributed by atoms with E-state index in [1.165, 1.54) is 0 Å².